The average Bonchev–Trinajstić information content (AvgIpc) is 2.94. The molecule has 1 aromatic heterocycles. The fourth-order valence-corrected chi connectivity index (χ4v) is 2.37. The van der Waals surface area contributed by atoms with Crippen molar-refractivity contribution in [2.75, 3.05) is 0 Å². The second-order valence-electron chi connectivity index (χ2n) is 5.87. The molecule has 0 fully saturated rings. The van der Waals surface area contributed by atoms with Crippen LogP contribution in [-0.4, -0.2) is 21.3 Å². The van der Waals surface area contributed by atoms with Crippen LogP contribution >= 0.6 is 0 Å². The van der Waals surface area contributed by atoms with Crippen LogP contribution in [0.15, 0.2) is 57.2 Å². The van der Waals surface area contributed by atoms with Crippen LogP contribution < -0.4 is 0 Å². The van der Waals surface area contributed by atoms with E-state index in [1.165, 1.54) is 18.2 Å². The second kappa shape index (κ2) is 7.18. The van der Waals surface area contributed by atoms with Crippen molar-refractivity contribution in [3.05, 3.63) is 70.6 Å². The van der Waals surface area contributed by atoms with Crippen LogP contribution in [-0.2, 0) is 6.42 Å². The normalized spacial score (nSPS) is 11.2. The highest BCUT2D eigenvalue weighted by Crippen LogP contribution is 2.25. The topological polar surface area (TPSA) is 108 Å². The molecule has 0 aliphatic rings. The van der Waals surface area contributed by atoms with Gasteiger partial charge in [-0.1, -0.05) is 17.3 Å². The standard InChI is InChI=1S/C19H17N3O4/c1-11-12(2)22-26-18(11)9-13-3-5-14(6-4-13)20-21-15-7-8-17(23)16(10-15)19(24)25/h3-8,10,23H,9H2,1-2H3,(H,24,25). The lowest BCUT2D eigenvalue weighted by Gasteiger charge is -2.01. The lowest BCUT2D eigenvalue weighted by molar-refractivity contribution is 0.0694. The van der Waals surface area contributed by atoms with Gasteiger partial charge in [-0.25, -0.2) is 4.79 Å². The van der Waals surface area contributed by atoms with Crippen LogP contribution in [0.5, 0.6) is 5.75 Å². The molecular formula is C19H17N3O4. The summed E-state index contributed by atoms with van der Waals surface area (Å²) in [5.41, 5.74) is 3.76. The van der Waals surface area contributed by atoms with Gasteiger partial charge in [-0.2, -0.15) is 10.2 Å². The van der Waals surface area contributed by atoms with Crippen LogP contribution in [0.1, 0.15) is 32.9 Å². The van der Waals surface area contributed by atoms with Crippen LogP contribution in [0.4, 0.5) is 11.4 Å². The average molecular weight is 351 g/mol. The molecule has 0 radical (unpaired) electrons. The van der Waals surface area contributed by atoms with E-state index in [1.807, 2.05) is 38.1 Å². The van der Waals surface area contributed by atoms with Gasteiger partial charge < -0.3 is 14.7 Å². The Labute approximate surface area is 149 Å². The molecule has 0 atom stereocenters. The van der Waals surface area contributed by atoms with Crippen molar-refractivity contribution in [2.45, 2.75) is 20.3 Å². The number of phenols is 1. The van der Waals surface area contributed by atoms with E-state index in [1.54, 1.807) is 0 Å². The summed E-state index contributed by atoms with van der Waals surface area (Å²) in [5.74, 6) is -0.692. The molecule has 0 aliphatic heterocycles. The number of aryl methyl sites for hydroxylation is 1. The minimum Gasteiger partial charge on any atom is -0.507 e. The molecule has 3 aromatic rings. The molecule has 2 aromatic carbocycles. The van der Waals surface area contributed by atoms with Crippen molar-refractivity contribution < 1.29 is 19.5 Å². The third-order valence-electron chi connectivity index (χ3n) is 4.05. The predicted octanol–water partition coefficient (Wildman–Crippen LogP) is 4.70. The molecule has 0 saturated heterocycles. The Hall–Kier alpha value is -3.48. The maximum Gasteiger partial charge on any atom is 0.339 e. The van der Waals surface area contributed by atoms with Gasteiger partial charge in [0.1, 0.15) is 17.1 Å². The number of aromatic carboxylic acids is 1. The van der Waals surface area contributed by atoms with Crippen molar-refractivity contribution in [3.63, 3.8) is 0 Å². The molecule has 7 heteroatoms. The molecule has 7 nitrogen and oxygen atoms in total. The minimum atomic E-state index is -1.22. The van der Waals surface area contributed by atoms with Crippen molar-refractivity contribution in [2.24, 2.45) is 10.2 Å². The van der Waals surface area contributed by atoms with Crippen molar-refractivity contribution in [3.8, 4) is 5.75 Å². The third kappa shape index (κ3) is 3.77. The monoisotopic (exact) mass is 351 g/mol. The number of hydrogen-bond acceptors (Lipinski definition) is 6. The van der Waals surface area contributed by atoms with E-state index in [4.69, 9.17) is 9.63 Å². The zero-order valence-corrected chi connectivity index (χ0v) is 14.3. The fourth-order valence-electron chi connectivity index (χ4n) is 2.37. The summed E-state index contributed by atoms with van der Waals surface area (Å²) in [6, 6.07) is 11.5. The van der Waals surface area contributed by atoms with Crippen LogP contribution in [0.3, 0.4) is 0 Å². The van der Waals surface area contributed by atoms with E-state index in [0.29, 0.717) is 17.8 Å². The minimum absolute atomic E-state index is 0.213. The first-order valence-corrected chi connectivity index (χ1v) is 7.93. The Morgan fingerprint density at radius 1 is 1.08 bits per heavy atom. The molecule has 3 rings (SSSR count). The summed E-state index contributed by atoms with van der Waals surface area (Å²) in [7, 11) is 0. The second-order valence-corrected chi connectivity index (χ2v) is 5.87. The Morgan fingerprint density at radius 2 is 1.73 bits per heavy atom. The molecule has 0 bridgehead atoms. The smallest absolute Gasteiger partial charge is 0.339 e. The number of hydrogen-bond donors (Lipinski definition) is 2. The Morgan fingerprint density at radius 3 is 2.35 bits per heavy atom. The van der Waals surface area contributed by atoms with Gasteiger partial charge in [-0.15, -0.1) is 0 Å². The summed E-state index contributed by atoms with van der Waals surface area (Å²) >= 11 is 0. The third-order valence-corrected chi connectivity index (χ3v) is 4.05. The number of azo groups is 1. The number of benzene rings is 2. The highest BCUT2D eigenvalue weighted by atomic mass is 16.5. The molecular weight excluding hydrogens is 334 g/mol. The van der Waals surface area contributed by atoms with Gasteiger partial charge >= 0.3 is 5.97 Å². The van der Waals surface area contributed by atoms with E-state index >= 15 is 0 Å². The molecule has 2 N–H and O–H groups in total. The number of nitrogens with zero attached hydrogens (tertiary/aromatic N) is 3. The van der Waals surface area contributed by atoms with Crippen LogP contribution in [0, 0.1) is 13.8 Å². The number of rotatable bonds is 5. The molecule has 0 aliphatic carbocycles. The first kappa shape index (κ1) is 17.3. The van der Waals surface area contributed by atoms with Gasteiger partial charge in [0.05, 0.1) is 17.1 Å². The molecule has 1 heterocycles. The van der Waals surface area contributed by atoms with Crippen molar-refractivity contribution in [1.82, 2.24) is 5.16 Å². The van der Waals surface area contributed by atoms with Gasteiger partial charge in [-0.05, 0) is 49.7 Å². The summed E-state index contributed by atoms with van der Waals surface area (Å²) in [4.78, 5) is 11.0. The Bertz CT molecular complexity index is 975. The SMILES string of the molecule is Cc1noc(Cc2ccc(N=Nc3ccc(O)c(C(=O)O)c3)cc2)c1C. The summed E-state index contributed by atoms with van der Waals surface area (Å²) in [5, 5.41) is 30.6. The van der Waals surface area contributed by atoms with Crippen molar-refractivity contribution in [1.29, 1.82) is 0 Å². The van der Waals surface area contributed by atoms with E-state index < -0.39 is 5.97 Å². The first-order chi connectivity index (χ1) is 12.4. The fraction of sp³-hybridized carbons (Fsp3) is 0.158. The molecule has 0 amide bonds. The lowest BCUT2D eigenvalue weighted by Crippen LogP contribution is -1.95. The maximum atomic E-state index is 11.0. The highest BCUT2D eigenvalue weighted by Gasteiger charge is 2.10. The number of aromatic hydroxyl groups is 1. The van der Waals surface area contributed by atoms with Gasteiger partial charge in [0.25, 0.3) is 0 Å². The van der Waals surface area contributed by atoms with Crippen LogP contribution in [0.2, 0.25) is 0 Å². The van der Waals surface area contributed by atoms with E-state index in [-0.39, 0.29) is 11.3 Å². The Kier molecular flexibility index (Phi) is 4.79. The van der Waals surface area contributed by atoms with E-state index in [0.717, 1.165) is 22.6 Å². The molecule has 0 spiro atoms. The first-order valence-electron chi connectivity index (χ1n) is 7.93. The molecule has 132 valence electrons. The molecule has 0 unspecified atom stereocenters. The number of carboxylic acids is 1. The number of carboxylic acid groups (broad SMARTS) is 1. The summed E-state index contributed by atoms with van der Waals surface area (Å²) < 4.78 is 5.31. The van der Waals surface area contributed by atoms with Gasteiger partial charge in [0.15, 0.2) is 0 Å². The number of carbonyl (C=O) groups is 1. The van der Waals surface area contributed by atoms with Gasteiger partial charge in [0, 0.05) is 12.0 Å². The quantitative estimate of drug-likeness (QED) is 0.648. The van der Waals surface area contributed by atoms with E-state index in [9.17, 15) is 9.90 Å². The predicted molar refractivity (Wildman–Crippen MR) is 94.5 cm³/mol. The molecule has 0 saturated carbocycles. The number of aromatic nitrogens is 1. The summed E-state index contributed by atoms with van der Waals surface area (Å²) in [6.07, 6.45) is 0.643. The maximum absolute atomic E-state index is 11.0. The largest absolute Gasteiger partial charge is 0.507 e. The van der Waals surface area contributed by atoms with Gasteiger partial charge in [-0.3, -0.25) is 0 Å². The zero-order chi connectivity index (χ0) is 18.7. The molecule has 26 heavy (non-hydrogen) atoms. The Balaban J connectivity index is 1.73. The van der Waals surface area contributed by atoms with Gasteiger partial charge in [0.2, 0.25) is 0 Å². The lowest BCUT2D eigenvalue weighted by atomic mass is 10.1. The zero-order valence-electron chi connectivity index (χ0n) is 14.3. The summed E-state index contributed by atoms with van der Waals surface area (Å²) in [6.45, 7) is 3.89. The van der Waals surface area contributed by atoms with Crippen molar-refractivity contribution >= 4 is 17.3 Å². The highest BCUT2D eigenvalue weighted by molar-refractivity contribution is 5.91. The van der Waals surface area contributed by atoms with Crippen LogP contribution in [0.25, 0.3) is 0 Å². The van der Waals surface area contributed by atoms with E-state index in [2.05, 4.69) is 15.4 Å².